The van der Waals surface area contributed by atoms with Crippen molar-refractivity contribution >= 4 is 5.97 Å². The zero-order valence-corrected chi connectivity index (χ0v) is 11.8. The predicted molar refractivity (Wildman–Crippen MR) is 75.8 cm³/mol. The van der Waals surface area contributed by atoms with E-state index in [1.165, 1.54) is 0 Å². The van der Waals surface area contributed by atoms with Gasteiger partial charge in [-0.3, -0.25) is 9.63 Å². The SMILES string of the molecule is CCOC(=O)[C@@H]1CC[C@@H](NOCc2ccccc2)CN1. The van der Waals surface area contributed by atoms with Crippen LogP contribution < -0.4 is 10.8 Å². The number of carbonyl (C=O) groups excluding carboxylic acids is 1. The van der Waals surface area contributed by atoms with Gasteiger partial charge in [0.25, 0.3) is 0 Å². The number of benzene rings is 1. The highest BCUT2D eigenvalue weighted by molar-refractivity contribution is 5.75. The first kappa shape index (κ1) is 15.0. The van der Waals surface area contributed by atoms with Gasteiger partial charge >= 0.3 is 5.97 Å². The van der Waals surface area contributed by atoms with Gasteiger partial charge in [-0.2, -0.15) is 5.48 Å². The van der Waals surface area contributed by atoms with Crippen LogP contribution in [0.1, 0.15) is 25.3 Å². The minimum absolute atomic E-state index is 0.156. The molecule has 1 fully saturated rings. The van der Waals surface area contributed by atoms with Crippen LogP contribution in [0.4, 0.5) is 0 Å². The molecule has 0 spiro atoms. The van der Waals surface area contributed by atoms with Crippen molar-refractivity contribution in [3.05, 3.63) is 35.9 Å². The molecule has 0 amide bonds. The van der Waals surface area contributed by atoms with Crippen molar-refractivity contribution in [2.45, 2.75) is 38.5 Å². The van der Waals surface area contributed by atoms with Crippen molar-refractivity contribution in [3.8, 4) is 0 Å². The summed E-state index contributed by atoms with van der Waals surface area (Å²) in [6, 6.07) is 10.1. The molecule has 5 heteroatoms. The van der Waals surface area contributed by atoms with E-state index >= 15 is 0 Å². The summed E-state index contributed by atoms with van der Waals surface area (Å²) in [6.45, 7) is 3.50. The van der Waals surface area contributed by atoms with Gasteiger partial charge in [0.05, 0.1) is 13.2 Å². The van der Waals surface area contributed by atoms with Crippen molar-refractivity contribution in [3.63, 3.8) is 0 Å². The van der Waals surface area contributed by atoms with Gasteiger partial charge in [0, 0.05) is 12.6 Å². The monoisotopic (exact) mass is 278 g/mol. The fourth-order valence-corrected chi connectivity index (χ4v) is 2.22. The lowest BCUT2D eigenvalue weighted by Crippen LogP contribution is -2.51. The van der Waals surface area contributed by atoms with E-state index in [0.717, 1.165) is 18.4 Å². The minimum atomic E-state index is -0.179. The van der Waals surface area contributed by atoms with Crippen LogP contribution in [0.3, 0.4) is 0 Å². The molecule has 1 aromatic rings. The van der Waals surface area contributed by atoms with Gasteiger partial charge in [-0.25, -0.2) is 0 Å². The Morgan fingerprint density at radius 1 is 1.35 bits per heavy atom. The Labute approximate surface area is 119 Å². The number of ether oxygens (including phenoxy) is 1. The summed E-state index contributed by atoms with van der Waals surface area (Å²) >= 11 is 0. The summed E-state index contributed by atoms with van der Waals surface area (Å²) < 4.78 is 5.00. The van der Waals surface area contributed by atoms with Gasteiger partial charge in [0.15, 0.2) is 0 Å². The molecular formula is C15H22N2O3. The number of carbonyl (C=O) groups is 1. The van der Waals surface area contributed by atoms with Crippen LogP contribution in [-0.4, -0.2) is 31.2 Å². The van der Waals surface area contributed by atoms with Gasteiger partial charge in [-0.1, -0.05) is 30.3 Å². The van der Waals surface area contributed by atoms with E-state index in [9.17, 15) is 4.79 Å². The van der Waals surface area contributed by atoms with Crippen molar-refractivity contribution in [2.24, 2.45) is 0 Å². The van der Waals surface area contributed by atoms with E-state index < -0.39 is 0 Å². The molecule has 1 aromatic carbocycles. The Kier molecular flexibility index (Phi) is 5.98. The van der Waals surface area contributed by atoms with Crippen LogP contribution in [-0.2, 0) is 21.0 Å². The highest BCUT2D eigenvalue weighted by Gasteiger charge is 2.26. The maximum Gasteiger partial charge on any atom is 0.323 e. The zero-order valence-electron chi connectivity index (χ0n) is 11.8. The van der Waals surface area contributed by atoms with Crippen molar-refractivity contribution in [1.29, 1.82) is 0 Å². The first-order valence-corrected chi connectivity index (χ1v) is 7.11. The zero-order chi connectivity index (χ0) is 14.2. The molecule has 5 nitrogen and oxygen atoms in total. The lowest BCUT2D eigenvalue weighted by atomic mass is 10.0. The molecule has 1 aliphatic heterocycles. The Morgan fingerprint density at radius 2 is 2.15 bits per heavy atom. The van der Waals surface area contributed by atoms with Gasteiger partial charge in [0.1, 0.15) is 6.04 Å². The Balaban J connectivity index is 1.63. The summed E-state index contributed by atoms with van der Waals surface area (Å²) in [5.74, 6) is -0.156. The molecule has 1 saturated heterocycles. The number of rotatable bonds is 6. The van der Waals surface area contributed by atoms with Crippen LogP contribution >= 0.6 is 0 Å². The molecule has 1 heterocycles. The standard InChI is InChI=1S/C15H22N2O3/c1-2-19-15(18)14-9-8-13(10-16-14)17-20-11-12-6-4-3-5-7-12/h3-7,13-14,16-17H,2,8-11H2,1H3/t13-,14+/m1/s1. The molecule has 0 bridgehead atoms. The van der Waals surface area contributed by atoms with Gasteiger partial charge in [0.2, 0.25) is 0 Å². The Bertz CT molecular complexity index is 403. The summed E-state index contributed by atoms with van der Waals surface area (Å²) in [4.78, 5) is 17.1. The van der Waals surface area contributed by atoms with Crippen LogP contribution in [0.5, 0.6) is 0 Å². The number of nitrogens with one attached hydrogen (secondary N) is 2. The maximum absolute atomic E-state index is 11.6. The lowest BCUT2D eigenvalue weighted by molar-refractivity contribution is -0.146. The molecule has 0 aliphatic carbocycles. The van der Waals surface area contributed by atoms with E-state index in [4.69, 9.17) is 9.57 Å². The number of hydrogen-bond acceptors (Lipinski definition) is 5. The molecule has 0 unspecified atom stereocenters. The summed E-state index contributed by atoms with van der Waals surface area (Å²) in [5.41, 5.74) is 4.18. The van der Waals surface area contributed by atoms with E-state index in [-0.39, 0.29) is 18.1 Å². The average Bonchev–Trinajstić information content (AvgIpc) is 2.49. The van der Waals surface area contributed by atoms with E-state index in [0.29, 0.717) is 19.8 Å². The van der Waals surface area contributed by atoms with Crippen molar-refractivity contribution in [2.75, 3.05) is 13.2 Å². The molecule has 0 saturated carbocycles. The number of piperidine rings is 1. The Hall–Kier alpha value is -1.43. The molecule has 2 N–H and O–H groups in total. The van der Waals surface area contributed by atoms with Crippen molar-refractivity contribution in [1.82, 2.24) is 10.8 Å². The van der Waals surface area contributed by atoms with E-state index in [1.54, 1.807) is 0 Å². The molecule has 0 radical (unpaired) electrons. The van der Waals surface area contributed by atoms with Crippen molar-refractivity contribution < 1.29 is 14.4 Å². The molecule has 0 aromatic heterocycles. The number of hydroxylamine groups is 1. The Morgan fingerprint density at radius 3 is 2.80 bits per heavy atom. The number of hydrogen-bond donors (Lipinski definition) is 2. The van der Waals surface area contributed by atoms with Crippen LogP contribution in [0.2, 0.25) is 0 Å². The second kappa shape index (κ2) is 7.99. The highest BCUT2D eigenvalue weighted by atomic mass is 16.6. The summed E-state index contributed by atoms with van der Waals surface area (Å²) in [6.07, 6.45) is 1.66. The second-order valence-electron chi connectivity index (χ2n) is 4.88. The second-order valence-corrected chi connectivity index (χ2v) is 4.88. The summed E-state index contributed by atoms with van der Waals surface area (Å²) in [7, 11) is 0. The predicted octanol–water partition coefficient (Wildman–Crippen LogP) is 1.39. The van der Waals surface area contributed by atoms with Crippen LogP contribution in [0, 0.1) is 0 Å². The van der Waals surface area contributed by atoms with Crippen LogP contribution in [0.15, 0.2) is 30.3 Å². The fraction of sp³-hybridized carbons (Fsp3) is 0.533. The first-order chi connectivity index (χ1) is 9.79. The van der Waals surface area contributed by atoms with Gasteiger partial charge < -0.3 is 10.1 Å². The molecule has 2 rings (SSSR count). The third-order valence-electron chi connectivity index (χ3n) is 3.32. The topological polar surface area (TPSA) is 59.6 Å². The van der Waals surface area contributed by atoms with Crippen LogP contribution in [0.25, 0.3) is 0 Å². The number of esters is 1. The molecule has 20 heavy (non-hydrogen) atoms. The summed E-state index contributed by atoms with van der Waals surface area (Å²) in [5, 5.41) is 3.19. The smallest absolute Gasteiger partial charge is 0.323 e. The highest BCUT2D eigenvalue weighted by Crippen LogP contribution is 2.10. The normalized spacial score (nSPS) is 22.4. The van der Waals surface area contributed by atoms with Gasteiger partial charge in [-0.15, -0.1) is 0 Å². The molecule has 1 aliphatic rings. The lowest BCUT2D eigenvalue weighted by Gasteiger charge is -2.28. The fourth-order valence-electron chi connectivity index (χ4n) is 2.22. The molecule has 110 valence electrons. The maximum atomic E-state index is 11.6. The first-order valence-electron chi connectivity index (χ1n) is 7.11. The quantitative estimate of drug-likeness (QED) is 0.608. The molecule has 2 atom stereocenters. The average molecular weight is 278 g/mol. The third kappa shape index (κ3) is 4.59. The van der Waals surface area contributed by atoms with E-state index in [1.807, 2.05) is 37.3 Å². The van der Waals surface area contributed by atoms with E-state index in [2.05, 4.69) is 10.8 Å². The largest absolute Gasteiger partial charge is 0.465 e. The minimum Gasteiger partial charge on any atom is -0.465 e. The van der Waals surface area contributed by atoms with Gasteiger partial charge in [-0.05, 0) is 25.3 Å². The molecular weight excluding hydrogens is 256 g/mol. The third-order valence-corrected chi connectivity index (χ3v) is 3.32.